The molecule has 0 atom stereocenters. The van der Waals surface area contributed by atoms with Gasteiger partial charge >= 0.3 is 12.2 Å². The molecule has 1 heterocycles. The Labute approximate surface area is 115 Å². The number of rotatable bonds is 3. The van der Waals surface area contributed by atoms with E-state index < -0.39 is 11.7 Å². The van der Waals surface area contributed by atoms with Gasteiger partial charge in [0.1, 0.15) is 0 Å². The summed E-state index contributed by atoms with van der Waals surface area (Å²) in [6, 6.07) is 5.07. The van der Waals surface area contributed by atoms with Crippen LogP contribution in [0.5, 0.6) is 0 Å². The van der Waals surface area contributed by atoms with E-state index in [0.717, 1.165) is 24.1 Å². The van der Waals surface area contributed by atoms with Gasteiger partial charge in [0, 0.05) is 25.6 Å². The predicted molar refractivity (Wildman–Crippen MR) is 69.4 cm³/mol. The number of halogens is 3. The van der Waals surface area contributed by atoms with E-state index in [0.29, 0.717) is 19.6 Å². The first-order valence-corrected chi connectivity index (χ1v) is 6.61. The maximum absolute atomic E-state index is 12.4. The molecule has 1 saturated heterocycles. The largest absolute Gasteiger partial charge is 0.416 e. The van der Waals surface area contributed by atoms with Gasteiger partial charge in [0.25, 0.3) is 0 Å². The zero-order valence-electron chi connectivity index (χ0n) is 11.2. The van der Waals surface area contributed by atoms with Crippen LogP contribution in [0.2, 0.25) is 0 Å². The molecule has 1 aromatic rings. The first kappa shape index (κ1) is 14.7. The van der Waals surface area contributed by atoms with Gasteiger partial charge in [0.15, 0.2) is 0 Å². The molecule has 2 rings (SSSR count). The molecule has 0 unspecified atom stereocenters. The van der Waals surface area contributed by atoms with Crippen molar-refractivity contribution in [3.63, 3.8) is 0 Å². The fraction of sp³-hybridized carbons (Fsp3) is 0.500. The molecular formula is C14H17F3N2O. The normalized spacial score (nSPS) is 15.9. The van der Waals surface area contributed by atoms with Crippen LogP contribution in [0.1, 0.15) is 30.4 Å². The van der Waals surface area contributed by atoms with Gasteiger partial charge in [0.2, 0.25) is 0 Å². The fourth-order valence-electron chi connectivity index (χ4n) is 2.14. The molecule has 0 aromatic heterocycles. The third-order valence-electron chi connectivity index (χ3n) is 3.40. The topological polar surface area (TPSA) is 32.3 Å². The highest BCUT2D eigenvalue weighted by Crippen LogP contribution is 2.32. The maximum Gasteiger partial charge on any atom is 0.416 e. The van der Waals surface area contributed by atoms with Crippen molar-refractivity contribution in [1.29, 1.82) is 0 Å². The Hall–Kier alpha value is -1.72. The molecular weight excluding hydrogens is 269 g/mol. The number of nitrogens with zero attached hydrogens (tertiary/aromatic N) is 1. The summed E-state index contributed by atoms with van der Waals surface area (Å²) in [7, 11) is 0. The van der Waals surface area contributed by atoms with E-state index in [4.69, 9.17) is 0 Å². The van der Waals surface area contributed by atoms with Crippen LogP contribution in [0.3, 0.4) is 0 Å². The molecule has 20 heavy (non-hydrogen) atoms. The van der Waals surface area contributed by atoms with E-state index in [-0.39, 0.29) is 11.9 Å². The predicted octanol–water partition coefficient (Wildman–Crippen LogP) is 3.22. The summed E-state index contributed by atoms with van der Waals surface area (Å²) in [5.74, 6) is 0.129. The molecule has 110 valence electrons. The number of likely N-dealkylation sites (tertiary alicyclic amines) is 1. The van der Waals surface area contributed by atoms with Crippen LogP contribution in [0.25, 0.3) is 0 Å². The number of alkyl halides is 3. The lowest BCUT2D eigenvalue weighted by molar-refractivity contribution is -0.137. The van der Waals surface area contributed by atoms with E-state index in [2.05, 4.69) is 5.32 Å². The fourth-order valence-corrected chi connectivity index (χ4v) is 2.14. The summed E-state index contributed by atoms with van der Waals surface area (Å²) in [6.45, 7) is 3.73. The monoisotopic (exact) mass is 286 g/mol. The van der Waals surface area contributed by atoms with Gasteiger partial charge < -0.3 is 10.2 Å². The molecule has 1 N–H and O–H groups in total. The van der Waals surface area contributed by atoms with Crippen molar-refractivity contribution < 1.29 is 18.0 Å². The van der Waals surface area contributed by atoms with Crippen LogP contribution in [0, 0.1) is 0 Å². The van der Waals surface area contributed by atoms with E-state index in [1.807, 2.05) is 6.92 Å². The van der Waals surface area contributed by atoms with Crippen molar-refractivity contribution >= 4 is 6.03 Å². The summed E-state index contributed by atoms with van der Waals surface area (Å²) >= 11 is 0. The Balaban J connectivity index is 1.88. The third kappa shape index (κ3) is 3.23. The summed E-state index contributed by atoms with van der Waals surface area (Å²) in [5.41, 5.74) is 0.204. The van der Waals surface area contributed by atoms with Gasteiger partial charge in [0.05, 0.1) is 5.56 Å². The lowest BCUT2D eigenvalue weighted by atomic mass is 9.91. The molecule has 0 aliphatic carbocycles. The Morgan fingerprint density at radius 1 is 1.30 bits per heavy atom. The van der Waals surface area contributed by atoms with Crippen molar-refractivity contribution in [1.82, 2.24) is 10.2 Å². The number of carbonyl (C=O) groups is 1. The van der Waals surface area contributed by atoms with E-state index in [1.54, 1.807) is 4.90 Å². The van der Waals surface area contributed by atoms with Crippen molar-refractivity contribution in [2.75, 3.05) is 19.6 Å². The third-order valence-corrected chi connectivity index (χ3v) is 3.40. The van der Waals surface area contributed by atoms with Gasteiger partial charge in [-0.2, -0.15) is 13.2 Å². The summed E-state index contributed by atoms with van der Waals surface area (Å²) in [6.07, 6.45) is -3.42. The van der Waals surface area contributed by atoms with Crippen molar-refractivity contribution in [3.05, 3.63) is 35.4 Å². The average molecular weight is 286 g/mol. The zero-order valence-corrected chi connectivity index (χ0v) is 11.2. The van der Waals surface area contributed by atoms with Crippen LogP contribution in [0.15, 0.2) is 24.3 Å². The van der Waals surface area contributed by atoms with Crippen LogP contribution in [-0.2, 0) is 6.18 Å². The van der Waals surface area contributed by atoms with Gasteiger partial charge in [-0.3, -0.25) is 0 Å². The van der Waals surface area contributed by atoms with Crippen molar-refractivity contribution in [2.45, 2.75) is 25.4 Å². The van der Waals surface area contributed by atoms with E-state index in [9.17, 15) is 18.0 Å². The molecule has 0 radical (unpaired) electrons. The minimum absolute atomic E-state index is 0.102. The molecule has 0 saturated carbocycles. The second-order valence-corrected chi connectivity index (χ2v) is 4.95. The minimum Gasteiger partial charge on any atom is -0.338 e. The van der Waals surface area contributed by atoms with Gasteiger partial charge in [-0.05, 0) is 24.1 Å². The number of amides is 2. The number of carbonyl (C=O) groups excluding carboxylic acids is 1. The highest BCUT2D eigenvalue weighted by molar-refractivity contribution is 5.75. The van der Waals surface area contributed by atoms with Crippen LogP contribution in [0.4, 0.5) is 18.0 Å². The first-order valence-electron chi connectivity index (χ1n) is 6.61. The smallest absolute Gasteiger partial charge is 0.338 e. The highest BCUT2D eigenvalue weighted by atomic mass is 19.4. The SMILES string of the molecule is CCCNC(=O)N1CC(c2ccc(C(F)(F)F)cc2)C1. The van der Waals surface area contributed by atoms with Gasteiger partial charge in [-0.15, -0.1) is 0 Å². The highest BCUT2D eigenvalue weighted by Gasteiger charge is 2.33. The number of hydrogen-bond donors (Lipinski definition) is 1. The summed E-state index contributed by atoms with van der Waals surface area (Å²) in [5, 5.41) is 2.77. The lowest BCUT2D eigenvalue weighted by Crippen LogP contribution is -2.52. The van der Waals surface area contributed by atoms with Crippen LogP contribution < -0.4 is 5.32 Å². The van der Waals surface area contributed by atoms with E-state index >= 15 is 0 Å². The molecule has 0 spiro atoms. The number of nitrogens with one attached hydrogen (secondary N) is 1. The average Bonchev–Trinajstić information content (AvgIpc) is 2.34. The van der Waals surface area contributed by atoms with Crippen LogP contribution >= 0.6 is 0 Å². The van der Waals surface area contributed by atoms with Crippen LogP contribution in [-0.4, -0.2) is 30.6 Å². The lowest BCUT2D eigenvalue weighted by Gasteiger charge is -2.39. The second-order valence-electron chi connectivity index (χ2n) is 4.95. The van der Waals surface area contributed by atoms with E-state index in [1.165, 1.54) is 12.1 Å². The Morgan fingerprint density at radius 2 is 1.90 bits per heavy atom. The second kappa shape index (κ2) is 5.73. The molecule has 1 aliphatic heterocycles. The summed E-state index contributed by atoms with van der Waals surface area (Å²) < 4.78 is 37.3. The number of urea groups is 1. The summed E-state index contributed by atoms with van der Waals surface area (Å²) in [4.78, 5) is 13.3. The zero-order chi connectivity index (χ0) is 14.8. The van der Waals surface area contributed by atoms with Gasteiger partial charge in [-0.25, -0.2) is 4.79 Å². The maximum atomic E-state index is 12.4. The Morgan fingerprint density at radius 3 is 2.40 bits per heavy atom. The first-order chi connectivity index (χ1) is 9.41. The minimum atomic E-state index is -4.30. The molecule has 1 fully saturated rings. The molecule has 3 nitrogen and oxygen atoms in total. The standard InChI is InChI=1S/C14H17F3N2O/c1-2-7-18-13(20)19-8-11(9-19)10-3-5-12(6-4-10)14(15,16)17/h3-6,11H,2,7-9H2,1H3,(H,18,20). The Kier molecular flexibility index (Phi) is 4.20. The quantitative estimate of drug-likeness (QED) is 0.909. The molecule has 6 heteroatoms. The van der Waals surface area contributed by atoms with Crippen molar-refractivity contribution in [3.8, 4) is 0 Å². The molecule has 0 bridgehead atoms. The number of benzene rings is 1. The van der Waals surface area contributed by atoms with Gasteiger partial charge in [-0.1, -0.05) is 19.1 Å². The Bertz CT molecular complexity index is 464. The van der Waals surface area contributed by atoms with Crippen molar-refractivity contribution in [2.24, 2.45) is 0 Å². The number of hydrogen-bond acceptors (Lipinski definition) is 1. The molecule has 1 aliphatic rings. The molecule has 2 amide bonds. The molecule has 1 aromatic carbocycles.